The molecule has 0 saturated carbocycles. The molecule has 29 heavy (non-hydrogen) atoms. The lowest BCUT2D eigenvalue weighted by Crippen LogP contribution is -2.38. The fraction of sp³-hybridized carbons (Fsp3) is 0.318. The number of aryl methyl sites for hydroxylation is 1. The lowest BCUT2D eigenvalue weighted by Gasteiger charge is -2.25. The number of nitrogens with zero attached hydrogens (tertiary/aromatic N) is 5. The zero-order valence-electron chi connectivity index (χ0n) is 16.8. The van der Waals surface area contributed by atoms with E-state index < -0.39 is 0 Å². The third-order valence-electron chi connectivity index (χ3n) is 5.36. The number of likely N-dealkylation sites (N-methyl/N-ethyl adjacent to an activating group) is 1. The van der Waals surface area contributed by atoms with Gasteiger partial charge in [-0.05, 0) is 31.2 Å². The van der Waals surface area contributed by atoms with Crippen LogP contribution in [0.25, 0.3) is 11.3 Å². The molecule has 4 rings (SSSR count). The molecule has 3 aromatic rings. The summed E-state index contributed by atoms with van der Waals surface area (Å²) in [6.45, 7) is 2.39. The van der Waals surface area contributed by atoms with Crippen LogP contribution in [0, 0.1) is 0 Å². The number of benzene rings is 2. The van der Waals surface area contributed by atoms with E-state index in [-0.39, 0.29) is 6.03 Å². The van der Waals surface area contributed by atoms with Gasteiger partial charge in [0.05, 0.1) is 6.20 Å². The van der Waals surface area contributed by atoms with Gasteiger partial charge in [-0.1, -0.05) is 47.7 Å². The molecule has 1 atom stereocenters. The first-order valence-electron chi connectivity index (χ1n) is 9.85. The number of rotatable bonds is 5. The van der Waals surface area contributed by atoms with E-state index in [9.17, 15) is 4.79 Å². The number of hydrogen-bond acceptors (Lipinski definition) is 4. The van der Waals surface area contributed by atoms with Crippen molar-refractivity contribution in [1.82, 2.24) is 24.8 Å². The molecule has 1 N–H and O–H groups in total. The quantitative estimate of drug-likeness (QED) is 0.726. The van der Waals surface area contributed by atoms with E-state index in [2.05, 4.69) is 51.8 Å². The van der Waals surface area contributed by atoms with Gasteiger partial charge in [-0.15, -0.1) is 5.10 Å². The third kappa shape index (κ3) is 4.63. The van der Waals surface area contributed by atoms with Crippen LogP contribution < -0.4 is 5.32 Å². The molecule has 0 aliphatic carbocycles. The second-order valence-electron chi connectivity index (χ2n) is 7.58. The minimum atomic E-state index is -0.0584. The Balaban J connectivity index is 1.35. The van der Waals surface area contributed by atoms with Crippen LogP contribution in [0.4, 0.5) is 10.5 Å². The monoisotopic (exact) mass is 390 g/mol. The molecule has 1 aliphatic heterocycles. The maximum Gasteiger partial charge on any atom is 0.321 e. The maximum atomic E-state index is 12.8. The minimum absolute atomic E-state index is 0.0584. The van der Waals surface area contributed by atoms with Gasteiger partial charge < -0.3 is 10.2 Å². The molecule has 0 spiro atoms. The van der Waals surface area contributed by atoms with E-state index in [1.807, 2.05) is 48.5 Å². The summed E-state index contributed by atoms with van der Waals surface area (Å²) in [4.78, 5) is 17.0. The van der Waals surface area contributed by atoms with E-state index in [0.717, 1.165) is 43.0 Å². The van der Waals surface area contributed by atoms with Crippen molar-refractivity contribution in [3.63, 3.8) is 0 Å². The molecule has 7 heteroatoms. The van der Waals surface area contributed by atoms with Crippen molar-refractivity contribution in [3.8, 4) is 11.3 Å². The topological polar surface area (TPSA) is 66.3 Å². The average molecular weight is 390 g/mol. The smallest absolute Gasteiger partial charge is 0.321 e. The van der Waals surface area contributed by atoms with E-state index in [1.165, 1.54) is 5.56 Å². The first-order chi connectivity index (χ1) is 14.1. The van der Waals surface area contributed by atoms with Crippen molar-refractivity contribution in [2.45, 2.75) is 19.0 Å². The zero-order valence-corrected chi connectivity index (χ0v) is 16.8. The molecule has 1 aliphatic rings. The Hall–Kier alpha value is -3.19. The van der Waals surface area contributed by atoms with Crippen LogP contribution in [0.5, 0.6) is 0 Å². The number of urea groups is 1. The number of hydrogen-bond donors (Lipinski definition) is 1. The Morgan fingerprint density at radius 1 is 1.21 bits per heavy atom. The Morgan fingerprint density at radius 3 is 2.79 bits per heavy atom. The summed E-state index contributed by atoms with van der Waals surface area (Å²) in [5, 5.41) is 11.1. The summed E-state index contributed by atoms with van der Waals surface area (Å²) in [6.07, 6.45) is 2.84. The summed E-state index contributed by atoms with van der Waals surface area (Å²) in [6, 6.07) is 18.4. The number of amides is 2. The van der Waals surface area contributed by atoms with Crippen molar-refractivity contribution in [2.75, 3.05) is 25.5 Å². The summed E-state index contributed by atoms with van der Waals surface area (Å²) < 4.78 is 1.66. The highest BCUT2D eigenvalue weighted by molar-refractivity contribution is 5.90. The standard InChI is InChI=1S/C22H26N6O/c1-26(14-17-7-4-3-5-8-17)20-11-12-28(15-20)22(29)23-19-10-6-9-18(13-19)21-16-27(2)25-24-21/h3-10,13,16,20H,11-12,14-15H2,1-2H3,(H,23,29). The van der Waals surface area contributed by atoms with E-state index in [0.29, 0.717) is 6.04 Å². The molecule has 1 fully saturated rings. The lowest BCUT2D eigenvalue weighted by molar-refractivity contribution is 0.208. The zero-order chi connectivity index (χ0) is 20.2. The predicted molar refractivity (Wildman–Crippen MR) is 113 cm³/mol. The van der Waals surface area contributed by atoms with Gasteiger partial charge in [-0.3, -0.25) is 9.58 Å². The SMILES string of the molecule is CN(Cc1ccccc1)C1CCN(C(=O)Nc2cccc(-c3cn(C)nn3)c2)C1. The van der Waals surface area contributed by atoms with Crippen molar-refractivity contribution in [2.24, 2.45) is 7.05 Å². The van der Waals surface area contributed by atoms with Crippen LogP contribution in [-0.2, 0) is 13.6 Å². The van der Waals surface area contributed by atoms with Crippen molar-refractivity contribution in [3.05, 3.63) is 66.4 Å². The molecule has 1 saturated heterocycles. The molecule has 2 heterocycles. The second kappa shape index (κ2) is 8.45. The summed E-state index contributed by atoms with van der Waals surface area (Å²) in [5.74, 6) is 0. The van der Waals surface area contributed by atoms with Crippen molar-refractivity contribution < 1.29 is 4.79 Å². The van der Waals surface area contributed by atoms with Gasteiger partial charge in [0.2, 0.25) is 0 Å². The van der Waals surface area contributed by atoms with Crippen LogP contribution in [0.1, 0.15) is 12.0 Å². The predicted octanol–water partition coefficient (Wildman–Crippen LogP) is 3.22. The first kappa shape index (κ1) is 19.1. The molecule has 2 aromatic carbocycles. The summed E-state index contributed by atoms with van der Waals surface area (Å²) in [5.41, 5.74) is 3.77. The van der Waals surface area contributed by atoms with Gasteiger partial charge >= 0.3 is 6.03 Å². The lowest BCUT2D eigenvalue weighted by atomic mass is 10.1. The molecule has 1 aromatic heterocycles. The fourth-order valence-corrected chi connectivity index (χ4v) is 3.72. The van der Waals surface area contributed by atoms with E-state index in [1.54, 1.807) is 4.68 Å². The Labute approximate surface area is 170 Å². The Kier molecular flexibility index (Phi) is 5.57. The molecular weight excluding hydrogens is 364 g/mol. The highest BCUT2D eigenvalue weighted by Crippen LogP contribution is 2.22. The number of likely N-dealkylation sites (tertiary alicyclic amines) is 1. The van der Waals surface area contributed by atoms with Gasteiger partial charge in [0.25, 0.3) is 0 Å². The van der Waals surface area contributed by atoms with Gasteiger partial charge in [0, 0.05) is 44.0 Å². The first-order valence-corrected chi connectivity index (χ1v) is 9.85. The molecule has 0 radical (unpaired) electrons. The fourth-order valence-electron chi connectivity index (χ4n) is 3.72. The number of anilines is 1. The van der Waals surface area contributed by atoms with Gasteiger partial charge in [0.1, 0.15) is 5.69 Å². The van der Waals surface area contributed by atoms with Gasteiger partial charge in [-0.25, -0.2) is 4.79 Å². The average Bonchev–Trinajstić information content (AvgIpc) is 3.38. The normalized spacial score (nSPS) is 16.4. The molecule has 1 unspecified atom stereocenters. The summed E-state index contributed by atoms with van der Waals surface area (Å²) in [7, 11) is 3.96. The van der Waals surface area contributed by atoms with Gasteiger partial charge in [-0.2, -0.15) is 0 Å². The highest BCUT2D eigenvalue weighted by Gasteiger charge is 2.28. The van der Waals surface area contributed by atoms with Crippen molar-refractivity contribution >= 4 is 11.7 Å². The van der Waals surface area contributed by atoms with Crippen LogP contribution in [0.2, 0.25) is 0 Å². The number of carbonyl (C=O) groups is 1. The Morgan fingerprint density at radius 2 is 2.03 bits per heavy atom. The van der Waals surface area contributed by atoms with Gasteiger partial charge in [0.15, 0.2) is 0 Å². The molecular formula is C22H26N6O. The molecule has 2 amide bonds. The third-order valence-corrected chi connectivity index (χ3v) is 5.36. The maximum absolute atomic E-state index is 12.8. The van der Waals surface area contributed by atoms with Crippen molar-refractivity contribution in [1.29, 1.82) is 0 Å². The number of nitrogens with one attached hydrogen (secondary N) is 1. The molecule has 0 bridgehead atoms. The van der Waals surface area contributed by atoms with E-state index in [4.69, 9.17) is 0 Å². The second-order valence-corrected chi connectivity index (χ2v) is 7.58. The van der Waals surface area contributed by atoms with Crippen LogP contribution >= 0.6 is 0 Å². The minimum Gasteiger partial charge on any atom is -0.323 e. The van der Waals surface area contributed by atoms with Crippen LogP contribution in [0.15, 0.2) is 60.8 Å². The Bertz CT molecular complexity index is 970. The molecule has 150 valence electrons. The summed E-state index contributed by atoms with van der Waals surface area (Å²) >= 11 is 0. The number of carbonyl (C=O) groups excluding carboxylic acids is 1. The largest absolute Gasteiger partial charge is 0.323 e. The highest BCUT2D eigenvalue weighted by atomic mass is 16.2. The van der Waals surface area contributed by atoms with Crippen LogP contribution in [-0.4, -0.2) is 57.0 Å². The number of aromatic nitrogens is 3. The van der Waals surface area contributed by atoms with Crippen LogP contribution in [0.3, 0.4) is 0 Å². The van der Waals surface area contributed by atoms with E-state index >= 15 is 0 Å². The molecule has 7 nitrogen and oxygen atoms in total.